The molecule has 0 radical (unpaired) electrons. The lowest BCUT2D eigenvalue weighted by Gasteiger charge is -2.14. The first-order chi connectivity index (χ1) is 8.83. The molecule has 6 nitrogen and oxygen atoms in total. The van der Waals surface area contributed by atoms with E-state index in [-0.39, 0.29) is 13.0 Å². The largest absolute Gasteiger partial charge is 0.491 e. The van der Waals surface area contributed by atoms with Crippen molar-refractivity contribution in [3.63, 3.8) is 0 Å². The Balaban J connectivity index is 2.82. The quantitative estimate of drug-likeness (QED) is 0.783. The third kappa shape index (κ3) is 4.78. The number of carbonyl (C=O) groups excluding carboxylic acids is 1. The second-order valence-electron chi connectivity index (χ2n) is 4.26. The number of para-hydroxylation sites is 2. The molecule has 1 amide bonds. The minimum Gasteiger partial charge on any atom is -0.491 e. The van der Waals surface area contributed by atoms with Crippen LogP contribution in [-0.2, 0) is 14.8 Å². The van der Waals surface area contributed by atoms with E-state index in [2.05, 4.69) is 4.72 Å². The van der Waals surface area contributed by atoms with Crippen LogP contribution in [0.15, 0.2) is 24.3 Å². The fourth-order valence-electron chi connectivity index (χ4n) is 1.21. The molecule has 0 spiro atoms. The van der Waals surface area contributed by atoms with Crippen molar-refractivity contribution >= 4 is 21.6 Å². The predicted molar refractivity (Wildman–Crippen MR) is 73.4 cm³/mol. The fraction of sp³-hybridized carbons (Fsp3) is 0.417. The highest BCUT2D eigenvalue weighted by atomic mass is 32.2. The van der Waals surface area contributed by atoms with Crippen molar-refractivity contribution in [1.82, 2.24) is 0 Å². The third-order valence-corrected chi connectivity index (χ3v) is 4.11. The molecule has 7 heteroatoms. The summed E-state index contributed by atoms with van der Waals surface area (Å²) in [4.78, 5) is 10.6. The van der Waals surface area contributed by atoms with E-state index in [1.165, 1.54) is 0 Å². The van der Waals surface area contributed by atoms with Crippen LogP contribution < -0.4 is 15.2 Å². The molecule has 1 aromatic rings. The summed E-state index contributed by atoms with van der Waals surface area (Å²) < 4.78 is 31.4. The van der Waals surface area contributed by atoms with Crippen molar-refractivity contribution in [2.45, 2.75) is 25.5 Å². The minimum absolute atomic E-state index is 0.0747. The average Bonchev–Trinajstić information content (AvgIpc) is 2.30. The first-order valence-corrected chi connectivity index (χ1v) is 7.39. The Bertz CT molecular complexity index is 540. The molecule has 106 valence electrons. The number of ether oxygens (including phenoxy) is 1. The zero-order valence-corrected chi connectivity index (χ0v) is 11.7. The van der Waals surface area contributed by atoms with E-state index < -0.39 is 21.2 Å². The summed E-state index contributed by atoms with van der Waals surface area (Å²) in [7, 11) is -3.44. The van der Waals surface area contributed by atoms with Crippen molar-refractivity contribution in [2.24, 2.45) is 5.73 Å². The highest BCUT2D eigenvalue weighted by Gasteiger charge is 2.17. The van der Waals surface area contributed by atoms with Gasteiger partial charge in [-0.15, -0.1) is 0 Å². The standard InChI is InChI=1S/C12H18N2O4S/c1-9(2)19(16,17)14-10-5-3-4-6-11(10)18-8-7-12(13)15/h3-6,9,14H,7-8H2,1-2H3,(H2,13,15). The number of carbonyl (C=O) groups is 1. The van der Waals surface area contributed by atoms with Crippen molar-refractivity contribution in [3.8, 4) is 5.75 Å². The van der Waals surface area contributed by atoms with Gasteiger partial charge in [0.1, 0.15) is 5.75 Å². The van der Waals surface area contributed by atoms with Crippen molar-refractivity contribution in [1.29, 1.82) is 0 Å². The topological polar surface area (TPSA) is 98.5 Å². The van der Waals surface area contributed by atoms with E-state index in [4.69, 9.17) is 10.5 Å². The van der Waals surface area contributed by atoms with Crippen molar-refractivity contribution in [2.75, 3.05) is 11.3 Å². The summed E-state index contributed by atoms with van der Waals surface area (Å²) in [5.74, 6) is -0.104. The molecular weight excluding hydrogens is 268 g/mol. The number of anilines is 1. The Labute approximate surface area is 113 Å². The monoisotopic (exact) mass is 286 g/mol. The number of benzene rings is 1. The highest BCUT2D eigenvalue weighted by Crippen LogP contribution is 2.25. The lowest BCUT2D eigenvalue weighted by Crippen LogP contribution is -2.23. The normalized spacial score (nSPS) is 11.3. The molecule has 0 aliphatic carbocycles. The van der Waals surface area contributed by atoms with Crippen LogP contribution in [0.4, 0.5) is 5.69 Å². The van der Waals surface area contributed by atoms with Crippen LogP contribution in [-0.4, -0.2) is 26.2 Å². The van der Waals surface area contributed by atoms with E-state index in [1.54, 1.807) is 38.1 Å². The van der Waals surface area contributed by atoms with Gasteiger partial charge in [0, 0.05) is 0 Å². The van der Waals surface area contributed by atoms with E-state index in [0.29, 0.717) is 11.4 Å². The van der Waals surface area contributed by atoms with Gasteiger partial charge in [-0.3, -0.25) is 9.52 Å². The number of sulfonamides is 1. The maximum Gasteiger partial charge on any atom is 0.235 e. The van der Waals surface area contributed by atoms with Crippen LogP contribution >= 0.6 is 0 Å². The van der Waals surface area contributed by atoms with Gasteiger partial charge < -0.3 is 10.5 Å². The zero-order valence-electron chi connectivity index (χ0n) is 10.9. The molecule has 0 aliphatic rings. The van der Waals surface area contributed by atoms with Crippen LogP contribution in [0.1, 0.15) is 20.3 Å². The van der Waals surface area contributed by atoms with Crippen LogP contribution in [0.5, 0.6) is 5.75 Å². The van der Waals surface area contributed by atoms with Crippen molar-refractivity contribution < 1.29 is 17.9 Å². The summed E-state index contributed by atoms with van der Waals surface area (Å²) >= 11 is 0. The summed E-state index contributed by atoms with van der Waals surface area (Å²) in [5.41, 5.74) is 5.35. The highest BCUT2D eigenvalue weighted by molar-refractivity contribution is 7.93. The molecule has 19 heavy (non-hydrogen) atoms. The molecule has 0 heterocycles. The Kier molecular flexibility index (Phi) is 5.17. The Morgan fingerprint density at radius 3 is 2.58 bits per heavy atom. The van der Waals surface area contributed by atoms with Gasteiger partial charge in [0.05, 0.1) is 24.0 Å². The number of rotatable bonds is 7. The van der Waals surface area contributed by atoms with Crippen molar-refractivity contribution in [3.05, 3.63) is 24.3 Å². The maximum absolute atomic E-state index is 11.8. The van der Waals surface area contributed by atoms with Gasteiger partial charge in [0.15, 0.2) is 0 Å². The number of nitrogens with one attached hydrogen (secondary N) is 1. The summed E-state index contributed by atoms with van der Waals surface area (Å²) in [6.07, 6.45) is 0.0747. The number of primary amides is 1. The van der Waals surface area contributed by atoms with Gasteiger partial charge in [0.25, 0.3) is 0 Å². The van der Waals surface area contributed by atoms with Crippen LogP contribution in [0.3, 0.4) is 0 Å². The van der Waals surface area contributed by atoms with Gasteiger partial charge in [-0.25, -0.2) is 8.42 Å². The van der Waals surface area contributed by atoms with E-state index in [0.717, 1.165) is 0 Å². The molecule has 0 aromatic heterocycles. The van der Waals surface area contributed by atoms with Gasteiger partial charge in [-0.2, -0.15) is 0 Å². The molecule has 0 saturated heterocycles. The number of hydrogen-bond donors (Lipinski definition) is 2. The SMILES string of the molecule is CC(C)S(=O)(=O)Nc1ccccc1OCCC(N)=O. The van der Waals surface area contributed by atoms with Gasteiger partial charge in [-0.05, 0) is 26.0 Å². The Morgan fingerprint density at radius 2 is 2.00 bits per heavy atom. The second kappa shape index (κ2) is 6.42. The zero-order chi connectivity index (χ0) is 14.5. The summed E-state index contributed by atoms with van der Waals surface area (Å²) in [6, 6.07) is 6.63. The third-order valence-electron chi connectivity index (χ3n) is 2.37. The van der Waals surface area contributed by atoms with Crippen LogP contribution in [0.2, 0.25) is 0 Å². The average molecular weight is 286 g/mol. The van der Waals surface area contributed by atoms with E-state index >= 15 is 0 Å². The van der Waals surface area contributed by atoms with Crippen LogP contribution in [0.25, 0.3) is 0 Å². The number of amides is 1. The number of hydrogen-bond acceptors (Lipinski definition) is 4. The maximum atomic E-state index is 11.8. The lowest BCUT2D eigenvalue weighted by molar-refractivity contribution is -0.118. The van der Waals surface area contributed by atoms with Gasteiger partial charge in [0.2, 0.25) is 15.9 Å². The predicted octanol–water partition coefficient (Wildman–Crippen LogP) is 1.09. The second-order valence-corrected chi connectivity index (χ2v) is 6.49. The molecule has 0 bridgehead atoms. The molecule has 0 aliphatic heterocycles. The minimum atomic E-state index is -3.44. The first kappa shape index (κ1) is 15.3. The van der Waals surface area contributed by atoms with Crippen LogP contribution in [0, 0.1) is 0 Å². The molecule has 3 N–H and O–H groups in total. The fourth-order valence-corrected chi connectivity index (χ4v) is 1.92. The molecule has 0 saturated carbocycles. The lowest BCUT2D eigenvalue weighted by atomic mass is 10.3. The smallest absolute Gasteiger partial charge is 0.235 e. The summed E-state index contributed by atoms with van der Waals surface area (Å²) in [5, 5.41) is -0.550. The van der Waals surface area contributed by atoms with E-state index in [9.17, 15) is 13.2 Å². The molecule has 0 unspecified atom stereocenters. The summed E-state index contributed by atoms with van der Waals surface area (Å²) in [6.45, 7) is 3.27. The molecule has 1 aromatic carbocycles. The van der Waals surface area contributed by atoms with Gasteiger partial charge in [-0.1, -0.05) is 12.1 Å². The number of nitrogens with two attached hydrogens (primary N) is 1. The molecule has 1 rings (SSSR count). The molecule has 0 atom stereocenters. The Morgan fingerprint density at radius 1 is 1.37 bits per heavy atom. The molecule has 0 fully saturated rings. The van der Waals surface area contributed by atoms with E-state index in [1.807, 2.05) is 0 Å². The van der Waals surface area contributed by atoms with Gasteiger partial charge >= 0.3 is 0 Å². The Hall–Kier alpha value is -1.76. The molecular formula is C12H18N2O4S. The first-order valence-electron chi connectivity index (χ1n) is 5.84.